The molecule has 0 spiro atoms. The number of thioether (sulfide) groups is 2. The SMILES string of the molecule is C=C(C)CSc1nnc(SC(C)C(=O)Nc2cc(C)on2)s1. The molecule has 2 aromatic heterocycles. The molecule has 9 heteroatoms. The van der Waals surface area contributed by atoms with Gasteiger partial charge in [-0.15, -0.1) is 10.2 Å². The van der Waals surface area contributed by atoms with Crippen molar-refractivity contribution in [2.75, 3.05) is 11.1 Å². The van der Waals surface area contributed by atoms with E-state index in [9.17, 15) is 4.79 Å². The number of amides is 1. The zero-order valence-corrected chi connectivity index (χ0v) is 14.9. The van der Waals surface area contributed by atoms with Gasteiger partial charge in [-0.1, -0.05) is 52.2 Å². The molecule has 2 heterocycles. The number of rotatable bonds is 7. The van der Waals surface area contributed by atoms with E-state index >= 15 is 0 Å². The van der Waals surface area contributed by atoms with Crippen LogP contribution < -0.4 is 5.32 Å². The van der Waals surface area contributed by atoms with Crippen LogP contribution in [-0.4, -0.2) is 32.3 Å². The topological polar surface area (TPSA) is 80.9 Å². The molecule has 118 valence electrons. The summed E-state index contributed by atoms with van der Waals surface area (Å²) in [5.74, 6) is 1.74. The Labute approximate surface area is 141 Å². The summed E-state index contributed by atoms with van der Waals surface area (Å²) >= 11 is 4.45. The molecule has 2 rings (SSSR count). The summed E-state index contributed by atoms with van der Waals surface area (Å²) in [7, 11) is 0. The maximum absolute atomic E-state index is 12.1. The summed E-state index contributed by atoms with van der Waals surface area (Å²) in [6.07, 6.45) is 0. The number of aryl methyl sites for hydroxylation is 1. The minimum absolute atomic E-state index is 0.148. The van der Waals surface area contributed by atoms with E-state index in [1.165, 1.54) is 23.1 Å². The van der Waals surface area contributed by atoms with Gasteiger partial charge in [0.2, 0.25) is 5.91 Å². The fraction of sp³-hybridized carbons (Fsp3) is 0.385. The molecule has 6 nitrogen and oxygen atoms in total. The lowest BCUT2D eigenvalue weighted by molar-refractivity contribution is -0.115. The zero-order chi connectivity index (χ0) is 16.1. The highest BCUT2D eigenvalue weighted by Crippen LogP contribution is 2.32. The highest BCUT2D eigenvalue weighted by Gasteiger charge is 2.18. The number of carbonyl (C=O) groups is 1. The Bertz CT molecular complexity index is 668. The summed E-state index contributed by atoms with van der Waals surface area (Å²) in [6, 6.07) is 1.67. The zero-order valence-electron chi connectivity index (χ0n) is 12.5. The molecule has 0 aromatic carbocycles. The number of anilines is 1. The Morgan fingerprint density at radius 2 is 2.23 bits per heavy atom. The molecule has 0 radical (unpaired) electrons. The summed E-state index contributed by atoms with van der Waals surface area (Å²) in [5, 5.41) is 14.3. The van der Waals surface area contributed by atoms with Crippen LogP contribution in [0, 0.1) is 6.92 Å². The average molecular weight is 356 g/mol. The van der Waals surface area contributed by atoms with Crippen molar-refractivity contribution >= 4 is 46.6 Å². The Morgan fingerprint density at radius 1 is 1.50 bits per heavy atom. The van der Waals surface area contributed by atoms with Gasteiger partial charge in [0.15, 0.2) is 14.5 Å². The molecule has 0 fully saturated rings. The number of aromatic nitrogens is 3. The third-order valence-corrected chi connectivity index (χ3v) is 5.83. The van der Waals surface area contributed by atoms with Crippen molar-refractivity contribution in [3.05, 3.63) is 24.0 Å². The third kappa shape index (κ3) is 5.15. The van der Waals surface area contributed by atoms with Crippen LogP contribution >= 0.6 is 34.9 Å². The van der Waals surface area contributed by atoms with E-state index in [-0.39, 0.29) is 11.2 Å². The van der Waals surface area contributed by atoms with E-state index in [2.05, 4.69) is 27.2 Å². The summed E-state index contributed by atoms with van der Waals surface area (Å²) in [4.78, 5) is 12.1. The molecule has 2 aromatic rings. The Balaban J connectivity index is 1.86. The second-order valence-electron chi connectivity index (χ2n) is 4.65. The van der Waals surface area contributed by atoms with Crippen LogP contribution in [-0.2, 0) is 4.79 Å². The van der Waals surface area contributed by atoms with Crippen molar-refractivity contribution in [2.45, 2.75) is 34.7 Å². The van der Waals surface area contributed by atoms with E-state index in [0.29, 0.717) is 11.6 Å². The van der Waals surface area contributed by atoms with Crippen LogP contribution in [0.25, 0.3) is 0 Å². The molecule has 0 saturated carbocycles. The fourth-order valence-corrected chi connectivity index (χ4v) is 4.35. The number of hydrogen-bond donors (Lipinski definition) is 1. The van der Waals surface area contributed by atoms with Gasteiger partial charge in [0.25, 0.3) is 0 Å². The van der Waals surface area contributed by atoms with Crippen LogP contribution in [0.5, 0.6) is 0 Å². The molecule has 22 heavy (non-hydrogen) atoms. The van der Waals surface area contributed by atoms with Crippen LogP contribution in [0.2, 0.25) is 0 Å². The molecule has 0 aliphatic rings. The summed E-state index contributed by atoms with van der Waals surface area (Å²) < 4.78 is 6.56. The van der Waals surface area contributed by atoms with Gasteiger partial charge in [0.1, 0.15) is 5.76 Å². The minimum Gasteiger partial charge on any atom is -0.360 e. The van der Waals surface area contributed by atoms with Gasteiger partial charge in [-0.2, -0.15) is 0 Å². The second-order valence-corrected chi connectivity index (χ2v) is 8.44. The minimum atomic E-state index is -0.302. The van der Waals surface area contributed by atoms with Crippen molar-refractivity contribution in [2.24, 2.45) is 0 Å². The lowest BCUT2D eigenvalue weighted by Crippen LogP contribution is -2.22. The number of nitrogens with zero attached hydrogens (tertiary/aromatic N) is 3. The van der Waals surface area contributed by atoms with Crippen molar-refractivity contribution in [3.8, 4) is 0 Å². The van der Waals surface area contributed by atoms with E-state index in [0.717, 1.165) is 20.0 Å². The van der Waals surface area contributed by atoms with Crippen LogP contribution in [0.1, 0.15) is 19.6 Å². The maximum atomic E-state index is 12.1. The Morgan fingerprint density at radius 3 is 2.86 bits per heavy atom. The Hall–Kier alpha value is -1.32. The lowest BCUT2D eigenvalue weighted by atomic mass is 10.4. The van der Waals surface area contributed by atoms with Crippen molar-refractivity contribution in [1.29, 1.82) is 0 Å². The molecule has 1 atom stereocenters. The molecule has 0 aliphatic heterocycles. The molecule has 0 saturated heterocycles. The molecule has 1 N–H and O–H groups in total. The van der Waals surface area contributed by atoms with Crippen LogP contribution in [0.3, 0.4) is 0 Å². The number of nitrogens with one attached hydrogen (secondary N) is 1. The third-order valence-electron chi connectivity index (χ3n) is 2.36. The van der Waals surface area contributed by atoms with Crippen LogP contribution in [0.4, 0.5) is 5.82 Å². The highest BCUT2D eigenvalue weighted by molar-refractivity contribution is 8.04. The van der Waals surface area contributed by atoms with Crippen LogP contribution in [0.15, 0.2) is 31.4 Å². The van der Waals surface area contributed by atoms with E-state index in [4.69, 9.17) is 4.52 Å². The highest BCUT2D eigenvalue weighted by atomic mass is 32.2. The predicted molar refractivity (Wildman–Crippen MR) is 90.6 cm³/mol. The van der Waals surface area contributed by atoms with E-state index in [1.807, 2.05) is 13.8 Å². The number of hydrogen-bond acceptors (Lipinski definition) is 8. The van der Waals surface area contributed by atoms with Gasteiger partial charge < -0.3 is 9.84 Å². The van der Waals surface area contributed by atoms with Crippen molar-refractivity contribution in [1.82, 2.24) is 15.4 Å². The lowest BCUT2D eigenvalue weighted by Gasteiger charge is -2.07. The summed E-state index contributed by atoms with van der Waals surface area (Å²) in [5.41, 5.74) is 1.09. The standard InChI is InChI=1S/C13H16N4O2S3/c1-7(2)6-20-12-15-16-13(22-12)21-9(4)11(18)14-10-5-8(3)19-17-10/h5,9H,1,6H2,2-4H3,(H,14,17,18). The first-order valence-electron chi connectivity index (χ1n) is 6.45. The second kappa shape index (κ2) is 7.80. The van der Waals surface area contributed by atoms with E-state index < -0.39 is 0 Å². The van der Waals surface area contributed by atoms with Crippen molar-refractivity contribution < 1.29 is 9.32 Å². The van der Waals surface area contributed by atoms with E-state index in [1.54, 1.807) is 24.8 Å². The van der Waals surface area contributed by atoms with Gasteiger partial charge in [0.05, 0.1) is 5.25 Å². The molecule has 1 unspecified atom stereocenters. The van der Waals surface area contributed by atoms with Crippen molar-refractivity contribution in [3.63, 3.8) is 0 Å². The number of carbonyl (C=O) groups excluding carboxylic acids is 1. The predicted octanol–water partition coefficient (Wildman–Crippen LogP) is 3.62. The molecule has 0 bridgehead atoms. The van der Waals surface area contributed by atoms with Gasteiger partial charge in [-0.3, -0.25) is 4.79 Å². The van der Waals surface area contributed by atoms with Gasteiger partial charge in [0, 0.05) is 11.8 Å². The largest absolute Gasteiger partial charge is 0.360 e. The Kier molecular flexibility index (Phi) is 6.04. The van der Waals surface area contributed by atoms with Gasteiger partial charge >= 0.3 is 0 Å². The molecular weight excluding hydrogens is 340 g/mol. The molecule has 0 aliphatic carbocycles. The first-order chi connectivity index (χ1) is 10.4. The van der Waals surface area contributed by atoms with Gasteiger partial charge in [-0.25, -0.2) is 0 Å². The maximum Gasteiger partial charge on any atom is 0.238 e. The fourth-order valence-electron chi connectivity index (χ4n) is 1.35. The quantitative estimate of drug-likeness (QED) is 0.599. The first-order valence-corrected chi connectivity index (χ1v) is 9.13. The molecular formula is C13H16N4O2S3. The average Bonchev–Trinajstić information content (AvgIpc) is 3.05. The van der Waals surface area contributed by atoms with Gasteiger partial charge in [-0.05, 0) is 20.8 Å². The monoisotopic (exact) mass is 356 g/mol. The molecule has 1 amide bonds. The summed E-state index contributed by atoms with van der Waals surface area (Å²) in [6.45, 7) is 9.41. The first kappa shape index (κ1) is 17.0. The smallest absolute Gasteiger partial charge is 0.238 e. The normalized spacial score (nSPS) is 12.1.